The molecule has 0 unspecified atom stereocenters. The Morgan fingerprint density at radius 1 is 1.27 bits per heavy atom. The van der Waals surface area contributed by atoms with Crippen LogP contribution in [-0.4, -0.2) is 61.9 Å². The zero-order valence-electron chi connectivity index (χ0n) is 9.06. The predicted molar refractivity (Wildman–Crippen MR) is 52.6 cm³/mol. The molecule has 0 aromatic heterocycles. The van der Waals surface area contributed by atoms with E-state index in [2.05, 4.69) is 4.74 Å². The molecule has 0 aromatic carbocycles. The standard InChI is InChI=1S/C9H17NO5/c1-3-14-5-4-10(2)8(11)6-15-7-9(12)13/h3-7H2,1-2H3,(H,12,13). The largest absolute Gasteiger partial charge is 0.480 e. The Morgan fingerprint density at radius 2 is 1.93 bits per heavy atom. The van der Waals surface area contributed by atoms with Gasteiger partial charge in [-0.05, 0) is 6.92 Å². The Hall–Kier alpha value is -1.14. The molecule has 6 nitrogen and oxygen atoms in total. The fraction of sp³-hybridized carbons (Fsp3) is 0.778. The van der Waals surface area contributed by atoms with Gasteiger partial charge in [-0.15, -0.1) is 0 Å². The molecule has 0 atom stereocenters. The van der Waals surface area contributed by atoms with E-state index in [-0.39, 0.29) is 12.5 Å². The highest BCUT2D eigenvalue weighted by atomic mass is 16.5. The average molecular weight is 219 g/mol. The molecule has 15 heavy (non-hydrogen) atoms. The van der Waals surface area contributed by atoms with E-state index in [9.17, 15) is 9.59 Å². The van der Waals surface area contributed by atoms with E-state index in [4.69, 9.17) is 9.84 Å². The third kappa shape index (κ3) is 7.90. The van der Waals surface area contributed by atoms with Crippen LogP contribution in [0.15, 0.2) is 0 Å². The van der Waals surface area contributed by atoms with Crippen molar-refractivity contribution in [1.29, 1.82) is 0 Å². The summed E-state index contributed by atoms with van der Waals surface area (Å²) in [6, 6.07) is 0. The zero-order chi connectivity index (χ0) is 11.7. The van der Waals surface area contributed by atoms with Crippen LogP contribution in [0.5, 0.6) is 0 Å². The highest BCUT2D eigenvalue weighted by Crippen LogP contribution is 1.87. The summed E-state index contributed by atoms with van der Waals surface area (Å²) in [5.41, 5.74) is 0. The van der Waals surface area contributed by atoms with Crippen LogP contribution in [0.1, 0.15) is 6.92 Å². The molecule has 0 bridgehead atoms. The van der Waals surface area contributed by atoms with E-state index in [1.807, 2.05) is 6.92 Å². The van der Waals surface area contributed by atoms with Gasteiger partial charge in [0.05, 0.1) is 6.61 Å². The number of carbonyl (C=O) groups excluding carboxylic acids is 1. The summed E-state index contributed by atoms with van der Waals surface area (Å²) in [4.78, 5) is 22.8. The second-order valence-corrected chi connectivity index (χ2v) is 2.90. The highest BCUT2D eigenvalue weighted by Gasteiger charge is 2.09. The van der Waals surface area contributed by atoms with Crippen LogP contribution in [0.3, 0.4) is 0 Å². The van der Waals surface area contributed by atoms with Gasteiger partial charge in [-0.3, -0.25) is 4.79 Å². The van der Waals surface area contributed by atoms with Crippen LogP contribution >= 0.6 is 0 Å². The summed E-state index contributed by atoms with van der Waals surface area (Å²) >= 11 is 0. The Labute approximate surface area is 88.8 Å². The van der Waals surface area contributed by atoms with Crippen LogP contribution in [0, 0.1) is 0 Å². The summed E-state index contributed by atoms with van der Waals surface area (Å²) in [7, 11) is 1.62. The topological polar surface area (TPSA) is 76.1 Å². The first-order chi connectivity index (χ1) is 7.07. The van der Waals surface area contributed by atoms with Crippen molar-refractivity contribution in [2.75, 3.05) is 40.0 Å². The lowest BCUT2D eigenvalue weighted by Crippen LogP contribution is -2.33. The molecule has 0 fully saturated rings. The lowest BCUT2D eigenvalue weighted by atomic mass is 10.5. The number of nitrogens with zero attached hydrogens (tertiary/aromatic N) is 1. The minimum absolute atomic E-state index is 0.213. The second-order valence-electron chi connectivity index (χ2n) is 2.90. The lowest BCUT2D eigenvalue weighted by molar-refractivity contribution is -0.145. The quantitative estimate of drug-likeness (QED) is 0.561. The molecule has 0 saturated heterocycles. The number of rotatable bonds is 8. The van der Waals surface area contributed by atoms with Crippen LogP contribution in [0.25, 0.3) is 0 Å². The van der Waals surface area contributed by atoms with Gasteiger partial charge in [0.1, 0.15) is 13.2 Å². The lowest BCUT2D eigenvalue weighted by Gasteiger charge is -2.16. The molecular weight excluding hydrogens is 202 g/mol. The van der Waals surface area contributed by atoms with Crippen LogP contribution in [0.2, 0.25) is 0 Å². The Bertz CT molecular complexity index is 207. The third-order valence-electron chi connectivity index (χ3n) is 1.65. The molecule has 0 radical (unpaired) electrons. The monoisotopic (exact) mass is 219 g/mol. The second kappa shape index (κ2) is 8.19. The van der Waals surface area contributed by atoms with Crippen molar-refractivity contribution in [2.24, 2.45) is 0 Å². The predicted octanol–water partition coefficient (Wildman–Crippen LogP) is -0.417. The summed E-state index contributed by atoms with van der Waals surface area (Å²) in [5.74, 6) is -1.34. The molecule has 0 aromatic rings. The maximum Gasteiger partial charge on any atom is 0.329 e. The first kappa shape index (κ1) is 13.9. The number of amides is 1. The summed E-state index contributed by atoms with van der Waals surface area (Å²) in [6.45, 7) is 2.76. The van der Waals surface area contributed by atoms with E-state index in [0.29, 0.717) is 19.8 Å². The molecule has 0 rings (SSSR count). The van der Waals surface area contributed by atoms with Crippen molar-refractivity contribution < 1.29 is 24.2 Å². The van der Waals surface area contributed by atoms with Gasteiger partial charge in [-0.1, -0.05) is 0 Å². The van der Waals surface area contributed by atoms with Gasteiger partial charge in [-0.2, -0.15) is 0 Å². The molecule has 6 heteroatoms. The van der Waals surface area contributed by atoms with Crippen molar-refractivity contribution in [3.63, 3.8) is 0 Å². The maximum atomic E-state index is 11.3. The number of hydrogen-bond donors (Lipinski definition) is 1. The number of hydrogen-bond acceptors (Lipinski definition) is 4. The van der Waals surface area contributed by atoms with E-state index in [1.165, 1.54) is 4.90 Å². The fourth-order valence-corrected chi connectivity index (χ4v) is 0.806. The fourth-order valence-electron chi connectivity index (χ4n) is 0.806. The molecule has 0 aliphatic heterocycles. The maximum absolute atomic E-state index is 11.3. The minimum atomic E-state index is -1.08. The summed E-state index contributed by atoms with van der Waals surface area (Å²) in [6.07, 6.45) is 0. The molecule has 0 heterocycles. The molecule has 1 amide bonds. The molecule has 0 saturated carbocycles. The highest BCUT2D eigenvalue weighted by molar-refractivity contribution is 5.77. The zero-order valence-corrected chi connectivity index (χ0v) is 9.06. The summed E-state index contributed by atoms with van der Waals surface area (Å²) in [5, 5.41) is 8.27. The van der Waals surface area contributed by atoms with Crippen molar-refractivity contribution >= 4 is 11.9 Å². The Balaban J connectivity index is 3.55. The minimum Gasteiger partial charge on any atom is -0.480 e. The molecular formula is C9H17NO5. The van der Waals surface area contributed by atoms with Crippen molar-refractivity contribution in [2.45, 2.75) is 6.92 Å². The summed E-state index contributed by atoms with van der Waals surface area (Å²) < 4.78 is 9.72. The van der Waals surface area contributed by atoms with E-state index >= 15 is 0 Å². The van der Waals surface area contributed by atoms with Crippen LogP contribution in [-0.2, 0) is 19.1 Å². The number of carbonyl (C=O) groups is 2. The van der Waals surface area contributed by atoms with Gasteiger partial charge in [-0.25, -0.2) is 4.79 Å². The number of aliphatic carboxylic acids is 1. The SMILES string of the molecule is CCOCCN(C)C(=O)COCC(=O)O. The van der Waals surface area contributed by atoms with Crippen molar-refractivity contribution in [3.05, 3.63) is 0 Å². The van der Waals surface area contributed by atoms with Gasteiger partial charge >= 0.3 is 5.97 Å². The number of carboxylic acid groups (broad SMARTS) is 1. The Kier molecular flexibility index (Phi) is 7.57. The van der Waals surface area contributed by atoms with Crippen molar-refractivity contribution in [3.8, 4) is 0 Å². The van der Waals surface area contributed by atoms with Gasteiger partial charge in [0.25, 0.3) is 0 Å². The number of likely N-dealkylation sites (N-methyl/N-ethyl adjacent to an activating group) is 1. The molecule has 88 valence electrons. The van der Waals surface area contributed by atoms with E-state index in [1.54, 1.807) is 7.05 Å². The van der Waals surface area contributed by atoms with Gasteiger partial charge in [0, 0.05) is 20.2 Å². The number of carboxylic acids is 1. The Morgan fingerprint density at radius 3 is 2.47 bits per heavy atom. The van der Waals surface area contributed by atoms with Crippen LogP contribution < -0.4 is 0 Å². The van der Waals surface area contributed by atoms with E-state index in [0.717, 1.165) is 0 Å². The molecule has 0 spiro atoms. The normalized spacial score (nSPS) is 10.0. The van der Waals surface area contributed by atoms with Gasteiger partial charge < -0.3 is 19.5 Å². The number of ether oxygens (including phenoxy) is 2. The third-order valence-corrected chi connectivity index (χ3v) is 1.65. The first-order valence-corrected chi connectivity index (χ1v) is 4.69. The van der Waals surface area contributed by atoms with E-state index < -0.39 is 12.6 Å². The molecule has 0 aliphatic rings. The molecule has 0 aliphatic carbocycles. The van der Waals surface area contributed by atoms with Gasteiger partial charge in [0.15, 0.2) is 0 Å². The smallest absolute Gasteiger partial charge is 0.329 e. The average Bonchev–Trinajstić information content (AvgIpc) is 2.17. The first-order valence-electron chi connectivity index (χ1n) is 4.69. The van der Waals surface area contributed by atoms with Gasteiger partial charge in [0.2, 0.25) is 5.91 Å². The van der Waals surface area contributed by atoms with Crippen LogP contribution in [0.4, 0.5) is 0 Å². The van der Waals surface area contributed by atoms with Crippen molar-refractivity contribution in [1.82, 2.24) is 4.90 Å². The molecule has 1 N–H and O–H groups in total.